The largest absolute Gasteiger partial charge is 1.00 e. The van der Waals surface area contributed by atoms with Crippen LogP contribution in [0.4, 0.5) is 0 Å². The Morgan fingerprint density at radius 3 is 1.89 bits per heavy atom. The van der Waals surface area contributed by atoms with E-state index in [4.69, 9.17) is 21.1 Å². The quantitative estimate of drug-likeness (QED) is 0.155. The fourth-order valence-electron chi connectivity index (χ4n) is 5.57. The lowest BCUT2D eigenvalue weighted by molar-refractivity contribution is -0.545. The predicted octanol–water partition coefficient (Wildman–Crippen LogP) is 6.40. The summed E-state index contributed by atoms with van der Waals surface area (Å²) in [5, 5.41) is 0.848. The summed E-state index contributed by atoms with van der Waals surface area (Å²) >= 11 is 6.54. The van der Waals surface area contributed by atoms with Gasteiger partial charge in [-0.25, -0.2) is 4.58 Å². The molecule has 0 atom stereocenters. The van der Waals surface area contributed by atoms with E-state index in [0.29, 0.717) is 0 Å². The summed E-state index contributed by atoms with van der Waals surface area (Å²) in [6.45, 7) is 4.14. The van der Waals surface area contributed by atoms with Crippen molar-refractivity contribution in [3.05, 3.63) is 58.1 Å². The molecule has 1 heterocycles. The first-order valence-corrected chi connectivity index (χ1v) is 15.1. The molecule has 38 heavy (non-hydrogen) atoms. The van der Waals surface area contributed by atoms with E-state index in [0.717, 1.165) is 42.5 Å². The number of nitrogens with zero attached hydrogens (tertiary/aromatic N) is 1. The normalized spacial score (nSPS) is 12.7. The van der Waals surface area contributed by atoms with Crippen LogP contribution in [0.25, 0.3) is 0 Å². The molecule has 0 saturated carbocycles. The number of benzene rings is 2. The predicted molar refractivity (Wildman–Crippen MR) is 158 cm³/mol. The van der Waals surface area contributed by atoms with E-state index in [2.05, 4.69) is 35.8 Å². The lowest BCUT2D eigenvalue weighted by Crippen LogP contribution is -3.00. The third-order valence-corrected chi connectivity index (χ3v) is 8.16. The van der Waals surface area contributed by atoms with Crippen LogP contribution >= 0.6 is 11.6 Å². The molecule has 3 nitrogen and oxygen atoms in total. The molecule has 3 rings (SSSR count). The molecule has 0 aliphatic carbocycles. The lowest BCUT2D eigenvalue weighted by Gasteiger charge is -2.21. The number of halogens is 2. The maximum Gasteiger partial charge on any atom is 0.184 e. The first kappa shape index (κ1) is 32.5. The zero-order valence-corrected chi connectivity index (χ0v) is 25.5. The van der Waals surface area contributed by atoms with Crippen LogP contribution in [0.5, 0.6) is 11.5 Å². The van der Waals surface area contributed by atoms with Crippen molar-refractivity contribution in [2.24, 2.45) is 0 Å². The van der Waals surface area contributed by atoms with Gasteiger partial charge in [0.25, 0.3) is 0 Å². The minimum Gasteiger partial charge on any atom is -1.00 e. The van der Waals surface area contributed by atoms with Crippen molar-refractivity contribution in [3.63, 3.8) is 0 Å². The molecule has 0 fully saturated rings. The van der Waals surface area contributed by atoms with Crippen LogP contribution in [0.15, 0.2) is 36.4 Å². The first-order valence-electron chi connectivity index (χ1n) is 14.8. The third-order valence-electron chi connectivity index (χ3n) is 7.79. The summed E-state index contributed by atoms with van der Waals surface area (Å²) in [4.78, 5) is 0. The molecule has 0 amide bonds. The van der Waals surface area contributed by atoms with Crippen LogP contribution in [0.3, 0.4) is 0 Å². The number of methoxy groups -OCH3 is 2. The Morgan fingerprint density at radius 1 is 0.763 bits per heavy atom. The average Bonchev–Trinajstić information content (AvgIpc) is 2.92. The summed E-state index contributed by atoms with van der Waals surface area (Å²) in [5.41, 5.74) is 5.29. The SMILES string of the molecule is CCCCCCCCCCCCCCCC1=[N+](Cc2ccccc2Cl)CCc2cc(OC)c(OC)cc21.[Cl-]. The zero-order valence-electron chi connectivity index (χ0n) is 24.0. The molecular formula is C33H49Cl2NO2. The molecule has 5 heteroatoms. The molecule has 0 bridgehead atoms. The van der Waals surface area contributed by atoms with Gasteiger partial charge in [-0.05, 0) is 30.2 Å². The van der Waals surface area contributed by atoms with Gasteiger partial charge in [0.05, 0.1) is 19.2 Å². The van der Waals surface area contributed by atoms with Gasteiger partial charge in [-0.3, -0.25) is 0 Å². The smallest absolute Gasteiger partial charge is 0.184 e. The topological polar surface area (TPSA) is 21.5 Å². The van der Waals surface area contributed by atoms with Crippen LogP contribution in [-0.4, -0.2) is 31.1 Å². The number of ether oxygens (including phenoxy) is 2. The number of fused-ring (bicyclic) bond motifs is 1. The van der Waals surface area contributed by atoms with Crippen LogP contribution in [0, 0.1) is 0 Å². The standard InChI is InChI=1S/C33H49ClNO2.ClH/c1-4-5-6-7-8-9-10-11-12-13-14-15-16-21-31-29-25-33(37-3)32(36-2)24-27(29)22-23-35(31)26-28-19-17-18-20-30(28)34;/h17-20,24-25H,4-16,21-23,26H2,1-3H3;1H/q+1;/p-1. The molecule has 0 N–H and O–H groups in total. The van der Waals surface area contributed by atoms with E-state index >= 15 is 0 Å². The number of hydrogen-bond donors (Lipinski definition) is 0. The number of hydrogen-bond acceptors (Lipinski definition) is 2. The molecule has 1 aliphatic rings. The Balaban J connectivity index is 0.00000507. The molecule has 0 aromatic heterocycles. The van der Waals surface area contributed by atoms with Crippen LogP contribution in [-0.2, 0) is 13.0 Å². The van der Waals surface area contributed by atoms with Gasteiger partial charge < -0.3 is 21.9 Å². The summed E-state index contributed by atoms with van der Waals surface area (Å²) in [6.07, 6.45) is 20.0. The van der Waals surface area contributed by atoms with Crippen molar-refractivity contribution in [1.29, 1.82) is 0 Å². The van der Waals surface area contributed by atoms with Gasteiger partial charge in [-0.15, -0.1) is 0 Å². The zero-order chi connectivity index (χ0) is 26.3. The van der Waals surface area contributed by atoms with Crippen LogP contribution in [0.1, 0.15) is 114 Å². The highest BCUT2D eigenvalue weighted by atomic mass is 35.5. The van der Waals surface area contributed by atoms with Gasteiger partial charge in [0, 0.05) is 24.0 Å². The van der Waals surface area contributed by atoms with E-state index in [1.165, 1.54) is 106 Å². The molecule has 212 valence electrons. The van der Waals surface area contributed by atoms with E-state index in [1.54, 1.807) is 14.2 Å². The van der Waals surface area contributed by atoms with Gasteiger partial charge in [-0.1, -0.05) is 114 Å². The Bertz CT molecular complexity index is 989. The second-order valence-electron chi connectivity index (χ2n) is 10.6. The minimum absolute atomic E-state index is 0. The highest BCUT2D eigenvalue weighted by Crippen LogP contribution is 2.34. The summed E-state index contributed by atoms with van der Waals surface area (Å²) in [5.74, 6) is 1.63. The van der Waals surface area contributed by atoms with Gasteiger partial charge in [-0.2, -0.15) is 0 Å². The van der Waals surface area contributed by atoms with Crippen LogP contribution < -0.4 is 21.9 Å². The molecule has 2 aromatic carbocycles. The Labute approximate surface area is 243 Å². The summed E-state index contributed by atoms with van der Waals surface area (Å²) in [7, 11) is 3.44. The molecule has 0 radical (unpaired) electrons. The Hall–Kier alpha value is -1.71. The van der Waals surface area contributed by atoms with Crippen molar-refractivity contribution in [2.45, 2.75) is 110 Å². The number of unbranched alkanes of at least 4 members (excludes halogenated alkanes) is 12. The Kier molecular flexibility index (Phi) is 15.9. The highest BCUT2D eigenvalue weighted by molar-refractivity contribution is 6.31. The van der Waals surface area contributed by atoms with Crippen molar-refractivity contribution in [3.8, 4) is 11.5 Å². The molecule has 1 aliphatic heterocycles. The van der Waals surface area contributed by atoms with Crippen LogP contribution in [0.2, 0.25) is 5.02 Å². The molecule has 0 saturated heterocycles. The molecule has 0 spiro atoms. The summed E-state index contributed by atoms with van der Waals surface area (Å²) < 4.78 is 13.8. The lowest BCUT2D eigenvalue weighted by atomic mass is 9.92. The maximum atomic E-state index is 6.54. The average molecular weight is 563 g/mol. The first-order chi connectivity index (χ1) is 18.2. The number of rotatable bonds is 18. The fraction of sp³-hybridized carbons (Fsp3) is 0.606. The third kappa shape index (κ3) is 10.1. The monoisotopic (exact) mass is 561 g/mol. The highest BCUT2D eigenvalue weighted by Gasteiger charge is 2.28. The van der Waals surface area contributed by atoms with Crippen molar-refractivity contribution >= 4 is 17.3 Å². The molecular weight excluding hydrogens is 513 g/mol. The minimum atomic E-state index is 0. The summed E-state index contributed by atoms with van der Waals surface area (Å²) in [6, 6.07) is 12.6. The van der Waals surface area contributed by atoms with Crippen molar-refractivity contribution < 1.29 is 26.5 Å². The van der Waals surface area contributed by atoms with Gasteiger partial charge >= 0.3 is 0 Å². The van der Waals surface area contributed by atoms with Gasteiger partial charge in [0.2, 0.25) is 0 Å². The van der Waals surface area contributed by atoms with E-state index in [1.807, 2.05) is 12.1 Å². The molecule has 0 unspecified atom stereocenters. The van der Waals surface area contributed by atoms with E-state index in [9.17, 15) is 0 Å². The van der Waals surface area contributed by atoms with Gasteiger partial charge in [0.1, 0.15) is 6.54 Å². The van der Waals surface area contributed by atoms with Crippen molar-refractivity contribution in [2.75, 3.05) is 20.8 Å². The van der Waals surface area contributed by atoms with Crippen molar-refractivity contribution in [1.82, 2.24) is 0 Å². The second kappa shape index (κ2) is 18.6. The molecule has 2 aromatic rings. The van der Waals surface area contributed by atoms with E-state index < -0.39 is 0 Å². The fourth-order valence-corrected chi connectivity index (χ4v) is 5.76. The Morgan fingerprint density at radius 2 is 1.32 bits per heavy atom. The maximum absolute atomic E-state index is 6.54. The second-order valence-corrected chi connectivity index (χ2v) is 11.0. The van der Waals surface area contributed by atoms with Gasteiger partial charge in [0.15, 0.2) is 23.8 Å². The van der Waals surface area contributed by atoms with E-state index in [-0.39, 0.29) is 12.4 Å².